The molecule has 0 amide bonds. The van der Waals surface area contributed by atoms with Crippen LogP contribution < -0.4 is 5.43 Å². The molecule has 17 heavy (non-hydrogen) atoms. The second-order valence-corrected chi connectivity index (χ2v) is 4.10. The van der Waals surface area contributed by atoms with Crippen LogP contribution in [0, 0.1) is 0 Å². The summed E-state index contributed by atoms with van der Waals surface area (Å²) >= 11 is 5.74. The summed E-state index contributed by atoms with van der Waals surface area (Å²) in [5.74, 6) is 0.0285. The van der Waals surface area contributed by atoms with E-state index in [4.69, 9.17) is 11.6 Å². The van der Waals surface area contributed by atoms with Crippen LogP contribution in [0.3, 0.4) is 0 Å². The number of carbonyl (C=O) groups is 1. The van der Waals surface area contributed by atoms with Crippen LogP contribution >= 0.6 is 11.6 Å². The Kier molecular flexibility index (Phi) is 3.44. The lowest BCUT2D eigenvalue weighted by Gasteiger charge is -1.99. The summed E-state index contributed by atoms with van der Waals surface area (Å²) in [5, 5.41) is 14.0. The van der Waals surface area contributed by atoms with Crippen LogP contribution in [0.25, 0.3) is 0 Å². The molecule has 0 aromatic heterocycles. The Morgan fingerprint density at radius 1 is 1.29 bits per heavy atom. The average Bonchev–Trinajstić information content (AvgIpc) is 2.63. The third-order valence-electron chi connectivity index (χ3n) is 2.43. The lowest BCUT2D eigenvalue weighted by atomic mass is 10.2. The van der Waals surface area contributed by atoms with Gasteiger partial charge in [-0.25, -0.2) is 0 Å². The van der Waals surface area contributed by atoms with Crippen LogP contribution in [0.15, 0.2) is 40.7 Å². The molecule has 0 fully saturated rings. The summed E-state index contributed by atoms with van der Waals surface area (Å²) in [4.78, 5) is 11.3. The molecule has 1 aromatic rings. The number of allylic oxidation sites excluding steroid dienone is 2. The number of ketones is 1. The first-order valence-electron chi connectivity index (χ1n) is 5.17. The van der Waals surface area contributed by atoms with Gasteiger partial charge in [0.25, 0.3) is 0 Å². The molecule has 1 aliphatic rings. The van der Waals surface area contributed by atoms with Gasteiger partial charge < -0.3 is 5.11 Å². The van der Waals surface area contributed by atoms with E-state index in [0.29, 0.717) is 17.9 Å². The number of halogens is 1. The number of hydrazone groups is 1. The van der Waals surface area contributed by atoms with E-state index in [2.05, 4.69) is 10.5 Å². The molecule has 0 aliphatic heterocycles. The van der Waals surface area contributed by atoms with Gasteiger partial charge in [0.15, 0.2) is 5.78 Å². The first kappa shape index (κ1) is 11.7. The van der Waals surface area contributed by atoms with Gasteiger partial charge in [0.05, 0.1) is 17.5 Å². The maximum absolute atomic E-state index is 11.3. The van der Waals surface area contributed by atoms with Crippen LogP contribution in [0.2, 0.25) is 5.02 Å². The molecular formula is C12H11ClN2O2. The van der Waals surface area contributed by atoms with E-state index in [0.717, 1.165) is 5.69 Å². The fourth-order valence-corrected chi connectivity index (χ4v) is 1.63. The summed E-state index contributed by atoms with van der Waals surface area (Å²) in [6.07, 6.45) is 2.11. The Morgan fingerprint density at radius 2 is 2.00 bits per heavy atom. The minimum Gasteiger partial charge on any atom is -0.511 e. The molecule has 2 N–H and O–H groups in total. The lowest BCUT2D eigenvalue weighted by Crippen LogP contribution is -1.99. The minimum absolute atomic E-state index is 0.0795. The zero-order valence-corrected chi connectivity index (χ0v) is 9.74. The summed E-state index contributed by atoms with van der Waals surface area (Å²) < 4.78 is 0. The first-order valence-corrected chi connectivity index (χ1v) is 5.54. The zero-order chi connectivity index (χ0) is 12.3. The molecule has 5 heteroatoms. The highest BCUT2D eigenvalue weighted by atomic mass is 35.5. The normalized spacial score (nSPS) is 15.9. The van der Waals surface area contributed by atoms with E-state index in [1.165, 1.54) is 6.21 Å². The number of rotatable bonds is 3. The predicted octanol–water partition coefficient (Wildman–Crippen LogP) is 2.91. The Balaban J connectivity index is 2.01. The molecule has 0 unspecified atom stereocenters. The van der Waals surface area contributed by atoms with Crippen molar-refractivity contribution in [2.24, 2.45) is 5.10 Å². The predicted molar refractivity (Wildman–Crippen MR) is 67.5 cm³/mol. The van der Waals surface area contributed by atoms with Gasteiger partial charge in [-0.05, 0) is 24.3 Å². The van der Waals surface area contributed by atoms with E-state index >= 15 is 0 Å². The van der Waals surface area contributed by atoms with Crippen LogP contribution in [-0.4, -0.2) is 17.1 Å². The van der Waals surface area contributed by atoms with Crippen molar-refractivity contribution in [1.29, 1.82) is 0 Å². The molecule has 0 spiro atoms. The van der Waals surface area contributed by atoms with Crippen LogP contribution in [0.5, 0.6) is 0 Å². The van der Waals surface area contributed by atoms with Crippen molar-refractivity contribution < 1.29 is 9.90 Å². The number of nitrogens with one attached hydrogen (secondary N) is 1. The van der Waals surface area contributed by atoms with Gasteiger partial charge in [-0.3, -0.25) is 10.2 Å². The minimum atomic E-state index is -0.0795. The first-order chi connectivity index (χ1) is 8.16. The van der Waals surface area contributed by atoms with E-state index in [-0.39, 0.29) is 17.1 Å². The Labute approximate surface area is 104 Å². The fraction of sp³-hybridized carbons (Fsp3) is 0.167. The van der Waals surface area contributed by atoms with E-state index < -0.39 is 0 Å². The highest BCUT2D eigenvalue weighted by Crippen LogP contribution is 2.19. The molecule has 0 saturated heterocycles. The number of carbonyl (C=O) groups excluding carboxylic acids is 1. The van der Waals surface area contributed by atoms with Gasteiger partial charge in [-0.15, -0.1) is 0 Å². The highest BCUT2D eigenvalue weighted by molar-refractivity contribution is 6.30. The summed E-state index contributed by atoms with van der Waals surface area (Å²) in [7, 11) is 0. The topological polar surface area (TPSA) is 61.7 Å². The standard InChI is InChI=1S/C12H11ClN2O2/c13-8-1-3-9(4-2-8)15-14-7-10-11(16)5-6-12(10)17/h1-4,7,15-16H,5-6H2. The van der Waals surface area contributed by atoms with Crippen molar-refractivity contribution >= 4 is 29.3 Å². The van der Waals surface area contributed by atoms with E-state index in [1.807, 2.05) is 0 Å². The third-order valence-corrected chi connectivity index (χ3v) is 2.68. The smallest absolute Gasteiger partial charge is 0.168 e. The summed E-state index contributed by atoms with van der Waals surface area (Å²) in [5.41, 5.74) is 3.80. The monoisotopic (exact) mass is 250 g/mol. The van der Waals surface area contributed by atoms with E-state index in [1.54, 1.807) is 24.3 Å². The van der Waals surface area contributed by atoms with Gasteiger partial charge in [-0.2, -0.15) is 5.10 Å². The molecule has 2 rings (SSSR count). The molecule has 1 aliphatic carbocycles. The summed E-state index contributed by atoms with van der Waals surface area (Å²) in [6.45, 7) is 0. The molecule has 0 heterocycles. The third kappa shape index (κ3) is 2.85. The van der Waals surface area contributed by atoms with Crippen molar-refractivity contribution in [3.63, 3.8) is 0 Å². The van der Waals surface area contributed by atoms with Gasteiger partial charge in [0, 0.05) is 17.9 Å². The number of nitrogens with zero attached hydrogens (tertiary/aromatic N) is 1. The van der Waals surface area contributed by atoms with Crippen molar-refractivity contribution in [2.75, 3.05) is 5.43 Å². The maximum atomic E-state index is 11.3. The molecule has 1 aromatic carbocycles. The highest BCUT2D eigenvalue weighted by Gasteiger charge is 2.20. The maximum Gasteiger partial charge on any atom is 0.168 e. The second-order valence-electron chi connectivity index (χ2n) is 3.66. The van der Waals surface area contributed by atoms with Crippen LogP contribution in [0.4, 0.5) is 5.69 Å². The molecule has 0 bridgehead atoms. The van der Waals surface area contributed by atoms with Crippen molar-refractivity contribution in [3.05, 3.63) is 40.6 Å². The second kappa shape index (κ2) is 5.01. The van der Waals surface area contributed by atoms with Crippen LogP contribution in [0.1, 0.15) is 12.8 Å². The number of aliphatic hydroxyl groups excluding tert-OH is 1. The van der Waals surface area contributed by atoms with Gasteiger partial charge in [0.2, 0.25) is 0 Å². The van der Waals surface area contributed by atoms with Crippen molar-refractivity contribution in [3.8, 4) is 0 Å². The molecule has 4 nitrogen and oxygen atoms in total. The van der Waals surface area contributed by atoms with Crippen LogP contribution in [-0.2, 0) is 4.79 Å². The van der Waals surface area contributed by atoms with Crippen molar-refractivity contribution in [1.82, 2.24) is 0 Å². The zero-order valence-electron chi connectivity index (χ0n) is 8.98. The van der Waals surface area contributed by atoms with Gasteiger partial charge >= 0.3 is 0 Å². The Bertz CT molecular complexity index is 492. The van der Waals surface area contributed by atoms with Gasteiger partial charge in [0.1, 0.15) is 5.76 Å². The molecule has 0 saturated carbocycles. The van der Waals surface area contributed by atoms with E-state index in [9.17, 15) is 9.90 Å². The lowest BCUT2D eigenvalue weighted by molar-refractivity contribution is -0.114. The quantitative estimate of drug-likeness (QED) is 0.641. The van der Waals surface area contributed by atoms with Crippen molar-refractivity contribution in [2.45, 2.75) is 12.8 Å². The largest absolute Gasteiger partial charge is 0.511 e. The SMILES string of the molecule is O=C1CCC(O)=C1C=NNc1ccc(Cl)cc1. The number of Topliss-reactive ketones (excluding diaryl/α,β-unsaturated/α-hetero) is 1. The Morgan fingerprint density at radius 3 is 2.59 bits per heavy atom. The number of anilines is 1. The Hall–Kier alpha value is -1.81. The number of aliphatic hydroxyl groups is 1. The summed E-state index contributed by atoms with van der Waals surface area (Å²) in [6, 6.07) is 7.00. The van der Waals surface area contributed by atoms with Gasteiger partial charge in [-0.1, -0.05) is 11.6 Å². The molecular weight excluding hydrogens is 240 g/mol. The molecule has 0 radical (unpaired) electrons. The fourth-order valence-electron chi connectivity index (χ4n) is 1.50. The number of benzene rings is 1. The number of hydrogen-bond donors (Lipinski definition) is 2. The molecule has 88 valence electrons. The molecule has 0 atom stereocenters. The number of hydrogen-bond acceptors (Lipinski definition) is 4. The average molecular weight is 251 g/mol.